The van der Waals surface area contributed by atoms with Crippen molar-refractivity contribution in [2.24, 2.45) is 10.8 Å². The minimum absolute atomic E-state index is 0.00165. The van der Waals surface area contributed by atoms with Gasteiger partial charge in [0.2, 0.25) is 11.6 Å². The van der Waals surface area contributed by atoms with Crippen molar-refractivity contribution >= 4 is 34.7 Å². The number of nitrogens with zero attached hydrogens (tertiary/aromatic N) is 6. The molecule has 0 unspecified atom stereocenters. The molecule has 168 valence electrons. The SMILES string of the molecule is C/C(=N/NC(=O)c1nnn(-c2nonc2N)c1-c1cccs1)c1ccc(OCC(N)=O)cc1. The third-order valence-corrected chi connectivity index (χ3v) is 5.19. The fourth-order valence-electron chi connectivity index (χ4n) is 2.75. The third kappa shape index (κ3) is 4.69. The second kappa shape index (κ2) is 9.27. The van der Waals surface area contributed by atoms with Gasteiger partial charge in [-0.15, -0.1) is 16.4 Å². The molecule has 0 spiro atoms. The standard InChI is InChI=1S/C19H17N9O4S/c1-10(11-4-6-12(7-5-11)31-9-14(20)29)22-24-19(30)15-16(13-3-2-8-33-13)28(27-23-15)18-17(21)25-32-26-18/h2-8H,9H2,1H3,(H2,20,29)(H2,21,25)(H,24,30)/b22-10-. The molecule has 14 heteroatoms. The molecule has 33 heavy (non-hydrogen) atoms. The van der Waals surface area contributed by atoms with Gasteiger partial charge >= 0.3 is 0 Å². The zero-order valence-electron chi connectivity index (χ0n) is 17.1. The topological polar surface area (TPSA) is 189 Å². The maximum Gasteiger partial charge on any atom is 0.294 e. The molecule has 0 radical (unpaired) electrons. The molecule has 5 N–H and O–H groups in total. The molecule has 4 rings (SSSR count). The van der Waals surface area contributed by atoms with Gasteiger partial charge in [-0.25, -0.2) is 10.1 Å². The van der Waals surface area contributed by atoms with Gasteiger partial charge in [-0.3, -0.25) is 9.59 Å². The van der Waals surface area contributed by atoms with Crippen LogP contribution in [0.15, 0.2) is 51.5 Å². The van der Waals surface area contributed by atoms with Crippen molar-refractivity contribution in [1.29, 1.82) is 0 Å². The molecule has 3 aromatic heterocycles. The van der Waals surface area contributed by atoms with Gasteiger partial charge in [0.05, 0.1) is 10.6 Å². The van der Waals surface area contributed by atoms with Crippen LogP contribution in [-0.2, 0) is 4.79 Å². The van der Waals surface area contributed by atoms with Gasteiger partial charge in [0, 0.05) is 0 Å². The molecule has 4 aromatic rings. The number of hydrogen-bond acceptors (Lipinski definition) is 11. The number of hydrazone groups is 1. The molecule has 3 heterocycles. The third-order valence-electron chi connectivity index (χ3n) is 4.31. The lowest BCUT2D eigenvalue weighted by Crippen LogP contribution is -2.21. The van der Waals surface area contributed by atoms with Crippen LogP contribution < -0.4 is 21.6 Å². The van der Waals surface area contributed by atoms with Crippen molar-refractivity contribution in [3.05, 3.63) is 53.0 Å². The number of primary amides is 1. The van der Waals surface area contributed by atoms with Gasteiger partial charge < -0.3 is 16.2 Å². The Morgan fingerprint density at radius 1 is 1.24 bits per heavy atom. The van der Waals surface area contributed by atoms with Crippen molar-refractivity contribution in [2.75, 3.05) is 12.3 Å². The Bertz CT molecular complexity index is 1310. The number of rotatable bonds is 8. The van der Waals surface area contributed by atoms with Gasteiger partial charge in [-0.1, -0.05) is 11.3 Å². The number of hydrogen-bond donors (Lipinski definition) is 3. The molecule has 0 atom stereocenters. The number of carbonyl (C=O) groups is 2. The minimum Gasteiger partial charge on any atom is -0.484 e. The van der Waals surface area contributed by atoms with Crippen LogP contribution in [0, 0.1) is 0 Å². The summed E-state index contributed by atoms with van der Waals surface area (Å²) in [7, 11) is 0. The lowest BCUT2D eigenvalue weighted by molar-refractivity contribution is -0.119. The molecule has 0 saturated heterocycles. The maximum atomic E-state index is 12.9. The summed E-state index contributed by atoms with van der Waals surface area (Å²) in [5, 5.41) is 21.2. The van der Waals surface area contributed by atoms with Crippen LogP contribution in [0.4, 0.5) is 5.82 Å². The average molecular weight is 467 g/mol. The van der Waals surface area contributed by atoms with Gasteiger partial charge in [-0.05, 0) is 58.5 Å². The summed E-state index contributed by atoms with van der Waals surface area (Å²) in [5.74, 6) is -0.556. The lowest BCUT2D eigenvalue weighted by Gasteiger charge is -2.06. The fraction of sp³-hybridized carbons (Fsp3) is 0.105. The first kappa shape index (κ1) is 21.6. The first-order valence-electron chi connectivity index (χ1n) is 9.38. The van der Waals surface area contributed by atoms with E-state index in [0.29, 0.717) is 22.0 Å². The molecular weight excluding hydrogens is 450 g/mol. The van der Waals surface area contributed by atoms with Crippen molar-refractivity contribution in [1.82, 2.24) is 30.7 Å². The number of anilines is 1. The highest BCUT2D eigenvalue weighted by atomic mass is 32.1. The number of ether oxygens (including phenoxy) is 1. The molecule has 0 bridgehead atoms. The highest BCUT2D eigenvalue weighted by Gasteiger charge is 2.25. The zero-order valence-corrected chi connectivity index (χ0v) is 17.9. The molecular formula is C19H17N9O4S. The van der Waals surface area contributed by atoms with Crippen LogP contribution in [0.3, 0.4) is 0 Å². The Hall–Kier alpha value is -4.59. The number of benzene rings is 1. The molecule has 1 aromatic carbocycles. The fourth-order valence-corrected chi connectivity index (χ4v) is 3.51. The van der Waals surface area contributed by atoms with Crippen LogP contribution in [0.1, 0.15) is 23.0 Å². The van der Waals surface area contributed by atoms with Crippen LogP contribution >= 0.6 is 11.3 Å². The maximum absolute atomic E-state index is 12.9. The van der Waals surface area contributed by atoms with E-state index >= 15 is 0 Å². The normalized spacial score (nSPS) is 11.4. The van der Waals surface area contributed by atoms with Crippen LogP contribution in [0.5, 0.6) is 5.75 Å². The molecule has 0 saturated carbocycles. The predicted molar refractivity (Wildman–Crippen MR) is 118 cm³/mol. The molecule has 0 fully saturated rings. The highest BCUT2D eigenvalue weighted by Crippen LogP contribution is 2.29. The second-order valence-corrected chi connectivity index (χ2v) is 7.51. The Balaban J connectivity index is 1.55. The van der Waals surface area contributed by atoms with E-state index in [1.54, 1.807) is 37.3 Å². The van der Waals surface area contributed by atoms with E-state index in [1.165, 1.54) is 16.0 Å². The van der Waals surface area contributed by atoms with E-state index in [0.717, 1.165) is 5.56 Å². The monoisotopic (exact) mass is 467 g/mol. The number of carbonyl (C=O) groups excluding carboxylic acids is 2. The van der Waals surface area contributed by atoms with Crippen LogP contribution in [-0.4, -0.2) is 49.4 Å². The number of amides is 2. The number of nitrogens with two attached hydrogens (primary N) is 2. The summed E-state index contributed by atoms with van der Waals surface area (Å²) < 4.78 is 11.1. The van der Waals surface area contributed by atoms with Crippen molar-refractivity contribution in [2.45, 2.75) is 6.92 Å². The lowest BCUT2D eigenvalue weighted by atomic mass is 10.1. The molecule has 0 aliphatic carbocycles. The van der Waals surface area contributed by atoms with Gasteiger partial charge in [0.1, 0.15) is 11.4 Å². The minimum atomic E-state index is -0.583. The summed E-state index contributed by atoms with van der Waals surface area (Å²) >= 11 is 1.38. The summed E-state index contributed by atoms with van der Waals surface area (Å²) in [5.41, 5.74) is 15.0. The number of aromatic nitrogens is 5. The number of nitrogens with one attached hydrogen (secondary N) is 1. The second-order valence-electron chi connectivity index (χ2n) is 6.57. The van der Waals surface area contributed by atoms with E-state index in [4.69, 9.17) is 16.2 Å². The van der Waals surface area contributed by atoms with Gasteiger partial charge in [0.25, 0.3) is 11.8 Å². The molecule has 0 aliphatic heterocycles. The summed E-state index contributed by atoms with van der Waals surface area (Å²) in [6.07, 6.45) is 0. The zero-order chi connectivity index (χ0) is 23.4. The summed E-state index contributed by atoms with van der Waals surface area (Å²) in [4.78, 5) is 24.4. The van der Waals surface area contributed by atoms with Crippen molar-refractivity contribution < 1.29 is 19.0 Å². The number of nitrogen functional groups attached to an aromatic ring is 1. The average Bonchev–Trinajstić information content (AvgIpc) is 3.56. The summed E-state index contributed by atoms with van der Waals surface area (Å²) in [6, 6.07) is 10.4. The van der Waals surface area contributed by atoms with E-state index in [2.05, 4.69) is 35.8 Å². The Morgan fingerprint density at radius 3 is 2.67 bits per heavy atom. The Kier molecular flexibility index (Phi) is 6.08. The smallest absolute Gasteiger partial charge is 0.294 e. The molecule has 2 amide bonds. The molecule has 0 aliphatic rings. The van der Waals surface area contributed by atoms with Gasteiger partial charge in [-0.2, -0.15) is 9.78 Å². The van der Waals surface area contributed by atoms with E-state index in [9.17, 15) is 9.59 Å². The van der Waals surface area contributed by atoms with Gasteiger partial charge in [0.15, 0.2) is 12.3 Å². The predicted octanol–water partition coefficient (Wildman–Crippen LogP) is 0.979. The summed E-state index contributed by atoms with van der Waals surface area (Å²) in [6.45, 7) is 1.50. The quantitative estimate of drug-likeness (QED) is 0.250. The van der Waals surface area contributed by atoms with Crippen LogP contribution in [0.25, 0.3) is 16.4 Å². The van der Waals surface area contributed by atoms with E-state index < -0.39 is 11.8 Å². The van der Waals surface area contributed by atoms with Crippen molar-refractivity contribution in [3.63, 3.8) is 0 Å². The van der Waals surface area contributed by atoms with E-state index in [1.807, 2.05) is 11.4 Å². The first-order valence-corrected chi connectivity index (χ1v) is 10.3. The molecule has 13 nitrogen and oxygen atoms in total. The Labute approximate surface area is 190 Å². The van der Waals surface area contributed by atoms with E-state index in [-0.39, 0.29) is 23.9 Å². The number of thiophene rings is 1. The largest absolute Gasteiger partial charge is 0.484 e. The van der Waals surface area contributed by atoms with Crippen molar-refractivity contribution in [3.8, 4) is 22.1 Å². The highest BCUT2D eigenvalue weighted by molar-refractivity contribution is 7.13. The Morgan fingerprint density at radius 2 is 2.03 bits per heavy atom. The van der Waals surface area contributed by atoms with Crippen LogP contribution in [0.2, 0.25) is 0 Å². The first-order chi connectivity index (χ1) is 15.9.